The first-order chi connectivity index (χ1) is 28.9. The van der Waals surface area contributed by atoms with E-state index < -0.39 is 0 Å². The van der Waals surface area contributed by atoms with Crippen LogP contribution in [0.1, 0.15) is 113 Å². The summed E-state index contributed by atoms with van der Waals surface area (Å²) in [6.45, 7) is 13.4. The van der Waals surface area contributed by atoms with Gasteiger partial charge < -0.3 is 29.4 Å². The van der Waals surface area contributed by atoms with Crippen LogP contribution in [-0.4, -0.2) is 143 Å². The number of hydrogen-bond donors (Lipinski definition) is 0. The Hall–Kier alpha value is -6.30. The molecule has 0 N–H and O–H groups in total. The van der Waals surface area contributed by atoms with E-state index in [0.717, 1.165) is 0 Å². The summed E-state index contributed by atoms with van der Waals surface area (Å²) in [4.78, 5) is 90.1. The molecule has 3 aliphatic heterocycles. The largest absolute Gasteiger partial charge is 0.335 e. The van der Waals surface area contributed by atoms with Gasteiger partial charge in [0.05, 0.1) is 0 Å². The van der Waals surface area contributed by atoms with Crippen LogP contribution in [-0.2, 0) is 0 Å². The molecule has 0 aliphatic carbocycles. The van der Waals surface area contributed by atoms with Crippen molar-refractivity contribution < 1.29 is 28.8 Å². The van der Waals surface area contributed by atoms with E-state index in [0.29, 0.717) is 124 Å². The highest BCUT2D eigenvalue weighted by Crippen LogP contribution is 2.20. The molecule has 0 bridgehead atoms. The van der Waals surface area contributed by atoms with Gasteiger partial charge in [0, 0.05) is 112 Å². The van der Waals surface area contributed by atoms with Crippen molar-refractivity contribution in [3.8, 4) is 0 Å². The number of piperazine rings is 3. The summed E-state index contributed by atoms with van der Waals surface area (Å²) in [5, 5.41) is 0. The average Bonchev–Trinajstić information content (AvgIpc) is 3.30. The SMILES string of the molecule is CC(C)c1ccc(C(=O)N2CCN(C(=O)c3ccc(C(=O)N4CCN(C(=O)c5ccc(C(=O)N6CCN(C(=O)c7ccc(C(C)C)cc7)CC6)cc5)CC4)cc3)CC2)cc1. The lowest BCUT2D eigenvalue weighted by atomic mass is 10.0. The van der Waals surface area contributed by atoms with E-state index in [2.05, 4.69) is 27.7 Å². The van der Waals surface area contributed by atoms with Crippen LogP contribution in [0.4, 0.5) is 0 Å². The highest BCUT2D eigenvalue weighted by molar-refractivity contribution is 6.00. The summed E-state index contributed by atoms with van der Waals surface area (Å²) >= 11 is 0. The smallest absolute Gasteiger partial charge is 0.253 e. The lowest BCUT2D eigenvalue weighted by Crippen LogP contribution is -2.51. The highest BCUT2D eigenvalue weighted by atomic mass is 16.2. The molecule has 3 heterocycles. The van der Waals surface area contributed by atoms with Crippen molar-refractivity contribution in [2.75, 3.05) is 78.5 Å². The van der Waals surface area contributed by atoms with Gasteiger partial charge in [-0.05, 0) is 95.8 Å². The summed E-state index contributed by atoms with van der Waals surface area (Å²) in [6, 6.07) is 28.8. The van der Waals surface area contributed by atoms with Gasteiger partial charge >= 0.3 is 0 Å². The van der Waals surface area contributed by atoms with Crippen molar-refractivity contribution in [1.29, 1.82) is 0 Å². The molecule has 6 amide bonds. The maximum Gasteiger partial charge on any atom is 0.253 e. The number of rotatable bonds is 8. The van der Waals surface area contributed by atoms with Crippen LogP contribution in [0.15, 0.2) is 97.1 Å². The molecule has 3 fully saturated rings. The minimum absolute atomic E-state index is 0.0329. The number of hydrogen-bond acceptors (Lipinski definition) is 6. The van der Waals surface area contributed by atoms with E-state index in [1.54, 1.807) is 77.9 Å². The van der Waals surface area contributed by atoms with Crippen molar-refractivity contribution >= 4 is 35.4 Å². The molecule has 3 aliphatic rings. The molecule has 60 heavy (non-hydrogen) atoms. The van der Waals surface area contributed by atoms with Crippen LogP contribution in [0, 0.1) is 0 Å². The molecule has 0 atom stereocenters. The standard InChI is InChI=1S/C48H54N6O6/c1-33(2)35-5-9-37(10-6-35)43(55)49-21-25-51(26-22-49)45(57)39-13-17-41(18-14-39)47(59)53-29-31-54(32-30-53)48(60)42-19-15-40(16-20-42)46(58)52-27-23-50(24-28-52)44(56)38-11-7-36(8-12-38)34(3)4/h5-20,33-34H,21-32H2,1-4H3. The number of amides is 6. The first-order valence-corrected chi connectivity index (χ1v) is 21.0. The van der Waals surface area contributed by atoms with Crippen molar-refractivity contribution in [2.45, 2.75) is 39.5 Å². The minimum Gasteiger partial charge on any atom is -0.335 e. The summed E-state index contributed by atoms with van der Waals surface area (Å²) in [7, 11) is 0. The average molecular weight is 811 g/mol. The molecule has 0 aromatic heterocycles. The first-order valence-electron chi connectivity index (χ1n) is 21.0. The molecule has 3 saturated heterocycles. The number of benzene rings is 4. The second-order valence-electron chi connectivity index (χ2n) is 16.5. The fourth-order valence-corrected chi connectivity index (χ4v) is 7.97. The topological polar surface area (TPSA) is 122 Å². The van der Waals surface area contributed by atoms with Gasteiger partial charge in [0.1, 0.15) is 0 Å². The third-order valence-corrected chi connectivity index (χ3v) is 12.0. The molecule has 0 saturated carbocycles. The zero-order chi connectivity index (χ0) is 42.5. The van der Waals surface area contributed by atoms with E-state index >= 15 is 0 Å². The van der Waals surface area contributed by atoms with Crippen LogP contribution in [0.5, 0.6) is 0 Å². The Morgan fingerprint density at radius 2 is 0.417 bits per heavy atom. The number of nitrogens with zero attached hydrogens (tertiary/aromatic N) is 6. The molecule has 4 aromatic carbocycles. The monoisotopic (exact) mass is 810 g/mol. The molecule has 312 valence electrons. The van der Waals surface area contributed by atoms with E-state index in [1.165, 1.54) is 11.1 Å². The molecule has 12 heteroatoms. The Bertz CT molecular complexity index is 2040. The first kappa shape index (κ1) is 41.8. The molecule has 0 radical (unpaired) electrons. The maximum absolute atomic E-state index is 13.4. The molecule has 12 nitrogen and oxygen atoms in total. The molecular formula is C48H54N6O6. The summed E-state index contributed by atoms with van der Waals surface area (Å²) in [6.07, 6.45) is 0. The van der Waals surface area contributed by atoms with Crippen LogP contribution < -0.4 is 0 Å². The van der Waals surface area contributed by atoms with Crippen molar-refractivity contribution in [2.24, 2.45) is 0 Å². The second-order valence-corrected chi connectivity index (χ2v) is 16.5. The van der Waals surface area contributed by atoms with Gasteiger partial charge in [0.2, 0.25) is 0 Å². The Balaban J connectivity index is 0.843. The van der Waals surface area contributed by atoms with Gasteiger partial charge in [-0.1, -0.05) is 52.0 Å². The lowest BCUT2D eigenvalue weighted by Gasteiger charge is -2.35. The highest BCUT2D eigenvalue weighted by Gasteiger charge is 2.29. The van der Waals surface area contributed by atoms with Crippen molar-refractivity contribution in [3.63, 3.8) is 0 Å². The number of carbonyl (C=O) groups excluding carboxylic acids is 6. The maximum atomic E-state index is 13.4. The molecule has 4 aromatic rings. The lowest BCUT2D eigenvalue weighted by molar-refractivity contribution is 0.0532. The zero-order valence-corrected chi connectivity index (χ0v) is 35.0. The van der Waals surface area contributed by atoms with Crippen LogP contribution in [0.2, 0.25) is 0 Å². The minimum atomic E-state index is -0.164. The van der Waals surface area contributed by atoms with E-state index in [4.69, 9.17) is 0 Å². The Morgan fingerprint density at radius 1 is 0.283 bits per heavy atom. The van der Waals surface area contributed by atoms with Crippen molar-refractivity contribution in [3.05, 3.63) is 142 Å². The van der Waals surface area contributed by atoms with Crippen molar-refractivity contribution in [1.82, 2.24) is 29.4 Å². The summed E-state index contributed by atoms with van der Waals surface area (Å²) in [5.41, 5.74) is 5.56. The van der Waals surface area contributed by atoms with E-state index in [1.807, 2.05) is 48.5 Å². The fourth-order valence-electron chi connectivity index (χ4n) is 7.97. The third kappa shape index (κ3) is 9.28. The predicted octanol–water partition coefficient (Wildman–Crippen LogP) is 5.73. The number of carbonyl (C=O) groups is 6. The van der Waals surface area contributed by atoms with Gasteiger partial charge in [-0.3, -0.25) is 28.8 Å². The fraction of sp³-hybridized carbons (Fsp3) is 0.375. The molecule has 0 spiro atoms. The van der Waals surface area contributed by atoms with Gasteiger partial charge in [-0.2, -0.15) is 0 Å². The van der Waals surface area contributed by atoms with Crippen LogP contribution >= 0.6 is 0 Å². The second kappa shape index (κ2) is 18.3. The molecule has 7 rings (SSSR count). The van der Waals surface area contributed by atoms with Gasteiger partial charge in [0.15, 0.2) is 0 Å². The van der Waals surface area contributed by atoms with Gasteiger partial charge in [0.25, 0.3) is 35.4 Å². The molecular weight excluding hydrogens is 757 g/mol. The summed E-state index contributed by atoms with van der Waals surface area (Å²) < 4.78 is 0. The zero-order valence-electron chi connectivity index (χ0n) is 35.0. The predicted molar refractivity (Wildman–Crippen MR) is 229 cm³/mol. The Morgan fingerprint density at radius 3 is 0.550 bits per heavy atom. The quantitative estimate of drug-likeness (QED) is 0.224. The van der Waals surface area contributed by atoms with Gasteiger partial charge in [-0.15, -0.1) is 0 Å². The third-order valence-electron chi connectivity index (χ3n) is 12.0. The Kier molecular flexibility index (Phi) is 12.8. The summed E-state index contributed by atoms with van der Waals surface area (Å²) in [5.74, 6) is 0.114. The van der Waals surface area contributed by atoms with Crippen LogP contribution in [0.3, 0.4) is 0 Å². The van der Waals surface area contributed by atoms with Gasteiger partial charge in [-0.25, -0.2) is 0 Å². The van der Waals surface area contributed by atoms with Crippen LogP contribution in [0.25, 0.3) is 0 Å². The Labute approximate surface area is 352 Å². The van der Waals surface area contributed by atoms with E-state index in [9.17, 15) is 28.8 Å². The molecule has 0 unspecified atom stereocenters. The van der Waals surface area contributed by atoms with E-state index in [-0.39, 0.29) is 35.4 Å². The normalized spacial score (nSPS) is 16.0.